The first-order valence-electron chi connectivity index (χ1n) is 6.43. The Morgan fingerprint density at radius 2 is 2.00 bits per heavy atom. The second-order valence-corrected chi connectivity index (χ2v) is 4.27. The van der Waals surface area contributed by atoms with Crippen molar-refractivity contribution in [2.75, 3.05) is 6.61 Å². The molecule has 1 aromatic carbocycles. The number of ether oxygens (including phenoxy) is 1. The molecule has 0 aromatic heterocycles. The summed E-state index contributed by atoms with van der Waals surface area (Å²) in [6.07, 6.45) is 0.984. The number of hydrogen-bond donors (Lipinski definition) is 2. The topological polar surface area (TPSA) is 75.6 Å². The van der Waals surface area contributed by atoms with E-state index in [1.807, 2.05) is 0 Å². The Bertz CT molecular complexity index is 447. The van der Waals surface area contributed by atoms with Gasteiger partial charge in [0.1, 0.15) is 17.6 Å². The van der Waals surface area contributed by atoms with Crippen molar-refractivity contribution in [3.05, 3.63) is 30.1 Å². The molecular formula is C14H18FNO4. The van der Waals surface area contributed by atoms with Crippen LogP contribution >= 0.6 is 0 Å². The summed E-state index contributed by atoms with van der Waals surface area (Å²) in [5, 5.41) is 11.2. The summed E-state index contributed by atoms with van der Waals surface area (Å²) in [6.45, 7) is 2.00. The number of nitrogens with one attached hydrogen (secondary N) is 1. The van der Waals surface area contributed by atoms with Gasteiger partial charge in [-0.1, -0.05) is 6.92 Å². The van der Waals surface area contributed by atoms with Crippen LogP contribution in [0.2, 0.25) is 0 Å². The van der Waals surface area contributed by atoms with Gasteiger partial charge in [0.15, 0.2) is 0 Å². The highest BCUT2D eigenvalue weighted by Gasteiger charge is 2.16. The van der Waals surface area contributed by atoms with Crippen LogP contribution in [0.1, 0.15) is 26.2 Å². The van der Waals surface area contributed by atoms with E-state index in [0.717, 1.165) is 0 Å². The van der Waals surface area contributed by atoms with Crippen LogP contribution in [0.15, 0.2) is 24.3 Å². The predicted octanol–water partition coefficient (Wildman–Crippen LogP) is 1.96. The van der Waals surface area contributed by atoms with Crippen LogP contribution in [0.25, 0.3) is 0 Å². The standard InChI is InChI=1S/C14H18FNO4/c1-2-12(14(18)19)16-13(17)4-3-9-20-11-7-5-10(15)6-8-11/h5-8,12H,2-4,9H2,1H3,(H,16,17)(H,18,19)/t12-/m1/s1. The minimum atomic E-state index is -1.04. The van der Waals surface area contributed by atoms with E-state index < -0.39 is 12.0 Å². The average molecular weight is 283 g/mol. The molecule has 0 spiro atoms. The smallest absolute Gasteiger partial charge is 0.326 e. The first-order chi connectivity index (χ1) is 9.52. The number of hydrogen-bond acceptors (Lipinski definition) is 3. The van der Waals surface area contributed by atoms with Gasteiger partial charge in [0.05, 0.1) is 6.61 Å². The lowest BCUT2D eigenvalue weighted by atomic mass is 10.2. The molecule has 0 aliphatic carbocycles. The monoisotopic (exact) mass is 283 g/mol. The molecule has 0 saturated heterocycles. The minimum Gasteiger partial charge on any atom is -0.494 e. The number of benzene rings is 1. The van der Waals surface area contributed by atoms with E-state index in [0.29, 0.717) is 25.2 Å². The van der Waals surface area contributed by atoms with Crippen molar-refractivity contribution in [2.24, 2.45) is 0 Å². The number of aliphatic carboxylic acids is 1. The molecule has 20 heavy (non-hydrogen) atoms. The molecular weight excluding hydrogens is 265 g/mol. The third-order valence-electron chi connectivity index (χ3n) is 2.67. The van der Waals surface area contributed by atoms with E-state index in [1.165, 1.54) is 24.3 Å². The van der Waals surface area contributed by atoms with Gasteiger partial charge in [-0.2, -0.15) is 0 Å². The summed E-state index contributed by atoms with van der Waals surface area (Å²) in [4.78, 5) is 22.2. The Balaban J connectivity index is 2.22. The van der Waals surface area contributed by atoms with E-state index in [1.54, 1.807) is 6.92 Å². The third kappa shape index (κ3) is 5.69. The van der Waals surface area contributed by atoms with Gasteiger partial charge in [0, 0.05) is 6.42 Å². The summed E-state index contributed by atoms with van der Waals surface area (Å²) in [5.41, 5.74) is 0. The lowest BCUT2D eigenvalue weighted by molar-refractivity contribution is -0.141. The maximum absolute atomic E-state index is 12.6. The second kappa shape index (κ2) is 8.14. The van der Waals surface area contributed by atoms with E-state index in [-0.39, 0.29) is 18.1 Å². The van der Waals surface area contributed by atoms with E-state index in [9.17, 15) is 14.0 Å². The fourth-order valence-corrected chi connectivity index (χ4v) is 1.56. The first-order valence-corrected chi connectivity index (χ1v) is 6.43. The van der Waals surface area contributed by atoms with Gasteiger partial charge < -0.3 is 15.2 Å². The number of amides is 1. The van der Waals surface area contributed by atoms with Gasteiger partial charge in [-0.25, -0.2) is 9.18 Å². The number of carbonyl (C=O) groups is 2. The van der Waals surface area contributed by atoms with Crippen molar-refractivity contribution < 1.29 is 23.8 Å². The first kappa shape index (κ1) is 15.9. The van der Waals surface area contributed by atoms with Crippen LogP contribution in [0, 0.1) is 5.82 Å². The Morgan fingerprint density at radius 1 is 1.35 bits per heavy atom. The highest BCUT2D eigenvalue weighted by Crippen LogP contribution is 2.11. The minimum absolute atomic E-state index is 0.185. The number of halogens is 1. The fourth-order valence-electron chi connectivity index (χ4n) is 1.56. The molecule has 110 valence electrons. The number of rotatable bonds is 8. The highest BCUT2D eigenvalue weighted by atomic mass is 19.1. The largest absolute Gasteiger partial charge is 0.494 e. The lowest BCUT2D eigenvalue weighted by Gasteiger charge is -2.12. The van der Waals surface area contributed by atoms with Crippen molar-refractivity contribution in [3.63, 3.8) is 0 Å². The SMILES string of the molecule is CC[C@@H](NC(=O)CCCOc1ccc(F)cc1)C(=O)O. The Labute approximate surface area is 116 Å². The Hall–Kier alpha value is -2.11. The summed E-state index contributed by atoms with van der Waals surface area (Å²) < 4.78 is 18.0. The molecule has 0 aliphatic heterocycles. The Kier molecular flexibility index (Phi) is 6.49. The molecule has 1 rings (SSSR count). The number of carboxylic acids is 1. The molecule has 0 saturated carbocycles. The summed E-state index contributed by atoms with van der Waals surface area (Å²) >= 11 is 0. The Morgan fingerprint density at radius 3 is 2.55 bits per heavy atom. The van der Waals surface area contributed by atoms with Gasteiger partial charge in [-0.3, -0.25) is 4.79 Å². The highest BCUT2D eigenvalue weighted by molar-refractivity contribution is 5.83. The summed E-state index contributed by atoms with van der Waals surface area (Å²) in [5.74, 6) is -1.16. The molecule has 5 nitrogen and oxygen atoms in total. The van der Waals surface area contributed by atoms with Crippen LogP contribution in [-0.2, 0) is 9.59 Å². The molecule has 0 fully saturated rings. The van der Waals surface area contributed by atoms with E-state index in [2.05, 4.69) is 5.32 Å². The number of carbonyl (C=O) groups excluding carboxylic acids is 1. The maximum atomic E-state index is 12.6. The fraction of sp³-hybridized carbons (Fsp3) is 0.429. The van der Waals surface area contributed by atoms with Gasteiger partial charge in [-0.05, 0) is 37.1 Å². The second-order valence-electron chi connectivity index (χ2n) is 4.27. The van der Waals surface area contributed by atoms with Gasteiger partial charge in [-0.15, -0.1) is 0 Å². The van der Waals surface area contributed by atoms with Crippen LogP contribution in [0.5, 0.6) is 5.75 Å². The van der Waals surface area contributed by atoms with Crippen molar-refractivity contribution in [1.29, 1.82) is 0 Å². The van der Waals surface area contributed by atoms with Gasteiger partial charge in [0.2, 0.25) is 5.91 Å². The van der Waals surface area contributed by atoms with Gasteiger partial charge in [0.25, 0.3) is 0 Å². The van der Waals surface area contributed by atoms with Crippen LogP contribution in [0.3, 0.4) is 0 Å². The van der Waals surface area contributed by atoms with Crippen molar-refractivity contribution >= 4 is 11.9 Å². The normalized spacial score (nSPS) is 11.7. The molecule has 1 atom stereocenters. The van der Waals surface area contributed by atoms with Gasteiger partial charge >= 0.3 is 5.97 Å². The zero-order chi connectivity index (χ0) is 15.0. The predicted molar refractivity (Wildman–Crippen MR) is 71.0 cm³/mol. The maximum Gasteiger partial charge on any atom is 0.326 e. The summed E-state index contributed by atoms with van der Waals surface area (Å²) in [6, 6.07) is 4.75. The zero-order valence-corrected chi connectivity index (χ0v) is 11.3. The van der Waals surface area contributed by atoms with Crippen molar-refractivity contribution in [3.8, 4) is 5.75 Å². The quantitative estimate of drug-likeness (QED) is 0.715. The van der Waals surface area contributed by atoms with Crippen LogP contribution in [-0.4, -0.2) is 29.6 Å². The third-order valence-corrected chi connectivity index (χ3v) is 2.67. The number of carboxylic acid groups (broad SMARTS) is 1. The molecule has 2 N–H and O–H groups in total. The van der Waals surface area contributed by atoms with E-state index in [4.69, 9.17) is 9.84 Å². The average Bonchev–Trinajstić information content (AvgIpc) is 2.42. The van der Waals surface area contributed by atoms with Crippen molar-refractivity contribution in [1.82, 2.24) is 5.32 Å². The molecule has 0 unspecified atom stereocenters. The molecule has 1 amide bonds. The van der Waals surface area contributed by atoms with Crippen LogP contribution < -0.4 is 10.1 Å². The molecule has 0 heterocycles. The van der Waals surface area contributed by atoms with Crippen molar-refractivity contribution in [2.45, 2.75) is 32.2 Å². The van der Waals surface area contributed by atoms with Crippen LogP contribution in [0.4, 0.5) is 4.39 Å². The lowest BCUT2D eigenvalue weighted by Crippen LogP contribution is -2.40. The molecule has 0 bridgehead atoms. The zero-order valence-electron chi connectivity index (χ0n) is 11.3. The summed E-state index contributed by atoms with van der Waals surface area (Å²) in [7, 11) is 0. The molecule has 6 heteroatoms. The molecule has 0 aliphatic rings. The van der Waals surface area contributed by atoms with E-state index >= 15 is 0 Å². The molecule has 0 radical (unpaired) electrons. The molecule has 1 aromatic rings.